The third kappa shape index (κ3) is 4.43. The van der Waals surface area contributed by atoms with Crippen LogP contribution in [0.4, 0.5) is 8.78 Å². The second-order valence-electron chi connectivity index (χ2n) is 5.79. The fourth-order valence-corrected chi connectivity index (χ4v) is 2.77. The van der Waals surface area contributed by atoms with Crippen LogP contribution >= 0.6 is 0 Å². The van der Waals surface area contributed by atoms with Gasteiger partial charge in [0.2, 0.25) is 5.88 Å². The first kappa shape index (κ1) is 17.1. The van der Waals surface area contributed by atoms with E-state index in [-0.39, 0.29) is 6.10 Å². The Balaban J connectivity index is 1.54. The molecule has 2 aromatic rings. The van der Waals surface area contributed by atoms with Crippen molar-refractivity contribution in [1.82, 2.24) is 15.2 Å². The van der Waals surface area contributed by atoms with E-state index in [9.17, 15) is 8.78 Å². The van der Waals surface area contributed by atoms with Crippen LogP contribution in [0.3, 0.4) is 0 Å². The van der Waals surface area contributed by atoms with Crippen LogP contribution in [-0.4, -0.2) is 42.1 Å². The maximum Gasteiger partial charge on any atom is 0.213 e. The highest BCUT2D eigenvalue weighted by Crippen LogP contribution is 2.16. The quantitative estimate of drug-likeness (QED) is 0.683. The lowest BCUT2D eigenvalue weighted by atomic mass is 10.2. The van der Waals surface area contributed by atoms with E-state index in [1.54, 1.807) is 19.3 Å². The molecule has 132 valence electrons. The fraction of sp³-hybridized carbons (Fsp3) is 0.333. The summed E-state index contributed by atoms with van der Waals surface area (Å²) in [4.78, 5) is 10.5. The van der Waals surface area contributed by atoms with Gasteiger partial charge in [-0.05, 0) is 23.8 Å². The third-order valence-corrected chi connectivity index (χ3v) is 4.02. The molecule has 0 spiro atoms. The van der Waals surface area contributed by atoms with Gasteiger partial charge in [0, 0.05) is 38.8 Å². The first-order valence-corrected chi connectivity index (χ1v) is 8.13. The van der Waals surface area contributed by atoms with E-state index in [0.29, 0.717) is 30.5 Å². The second-order valence-corrected chi connectivity index (χ2v) is 5.79. The predicted molar refractivity (Wildman–Crippen MR) is 91.4 cm³/mol. The van der Waals surface area contributed by atoms with Crippen molar-refractivity contribution in [1.29, 1.82) is 0 Å². The molecular weight excluding hydrogens is 326 g/mol. The number of hydrogen-bond donors (Lipinski definition) is 1. The van der Waals surface area contributed by atoms with Crippen LogP contribution in [0.15, 0.2) is 47.6 Å². The summed E-state index contributed by atoms with van der Waals surface area (Å²) in [6, 6.07) is 9.43. The van der Waals surface area contributed by atoms with E-state index in [0.717, 1.165) is 19.0 Å². The van der Waals surface area contributed by atoms with Crippen molar-refractivity contribution in [3.8, 4) is 5.88 Å². The molecule has 2 heterocycles. The molecule has 25 heavy (non-hydrogen) atoms. The van der Waals surface area contributed by atoms with Crippen molar-refractivity contribution in [3.05, 3.63) is 59.8 Å². The van der Waals surface area contributed by atoms with Crippen molar-refractivity contribution < 1.29 is 13.5 Å². The molecule has 1 saturated heterocycles. The Morgan fingerprint density at radius 1 is 1.32 bits per heavy atom. The lowest BCUT2D eigenvalue weighted by Gasteiger charge is -2.21. The molecular formula is C18H20F2N4O. The molecule has 1 aromatic carbocycles. The van der Waals surface area contributed by atoms with Crippen molar-refractivity contribution in [2.75, 3.05) is 20.1 Å². The van der Waals surface area contributed by atoms with Gasteiger partial charge in [-0.15, -0.1) is 0 Å². The summed E-state index contributed by atoms with van der Waals surface area (Å²) < 4.78 is 32.1. The van der Waals surface area contributed by atoms with Gasteiger partial charge in [-0.25, -0.2) is 13.8 Å². The molecule has 0 amide bonds. The number of ether oxygens (including phenoxy) is 1. The van der Waals surface area contributed by atoms with Crippen molar-refractivity contribution in [2.45, 2.75) is 19.1 Å². The van der Waals surface area contributed by atoms with E-state index >= 15 is 0 Å². The highest BCUT2D eigenvalue weighted by molar-refractivity contribution is 5.80. The average molecular weight is 346 g/mol. The Hall–Kier alpha value is -2.70. The number of rotatable bonds is 4. The minimum absolute atomic E-state index is 0.0386. The minimum Gasteiger partial charge on any atom is -0.472 e. The Labute approximate surface area is 145 Å². The smallest absolute Gasteiger partial charge is 0.213 e. The van der Waals surface area contributed by atoms with E-state index in [1.807, 2.05) is 18.2 Å². The maximum absolute atomic E-state index is 13.3. The van der Waals surface area contributed by atoms with E-state index in [1.165, 1.54) is 6.07 Å². The molecule has 1 unspecified atom stereocenters. The van der Waals surface area contributed by atoms with Crippen molar-refractivity contribution >= 4 is 5.96 Å². The molecule has 0 saturated carbocycles. The largest absolute Gasteiger partial charge is 0.472 e. The Bertz CT molecular complexity index is 739. The molecule has 1 N–H and O–H groups in total. The second kappa shape index (κ2) is 7.92. The number of benzene rings is 1. The van der Waals surface area contributed by atoms with Crippen LogP contribution in [0.2, 0.25) is 0 Å². The van der Waals surface area contributed by atoms with E-state index < -0.39 is 11.6 Å². The van der Waals surface area contributed by atoms with Crippen molar-refractivity contribution in [2.24, 2.45) is 4.99 Å². The first-order chi connectivity index (χ1) is 12.2. The zero-order valence-corrected chi connectivity index (χ0v) is 14.0. The SMILES string of the molecule is CN=C(NCc1ccc(F)c(F)c1)N1CCC(Oc2ccccn2)C1. The predicted octanol–water partition coefficient (Wildman–Crippen LogP) is 2.59. The molecule has 0 radical (unpaired) electrons. The summed E-state index contributed by atoms with van der Waals surface area (Å²) in [5.74, 6) is -0.377. The molecule has 1 aliphatic heterocycles. The zero-order valence-electron chi connectivity index (χ0n) is 14.0. The van der Waals surface area contributed by atoms with E-state index in [2.05, 4.69) is 20.2 Å². The minimum atomic E-state index is -0.848. The normalized spacial score (nSPS) is 17.6. The van der Waals surface area contributed by atoms with Crippen LogP contribution in [-0.2, 0) is 6.54 Å². The van der Waals surface area contributed by atoms with Gasteiger partial charge in [0.25, 0.3) is 0 Å². The molecule has 1 aromatic heterocycles. The summed E-state index contributed by atoms with van der Waals surface area (Å²) in [6.45, 7) is 1.86. The Morgan fingerprint density at radius 3 is 2.92 bits per heavy atom. The van der Waals surface area contributed by atoms with Crippen LogP contribution in [0.5, 0.6) is 5.88 Å². The number of nitrogens with one attached hydrogen (secondary N) is 1. The van der Waals surface area contributed by atoms with Gasteiger partial charge < -0.3 is 15.0 Å². The molecule has 1 aliphatic rings. The van der Waals surface area contributed by atoms with Gasteiger partial charge in [-0.2, -0.15) is 0 Å². The van der Waals surface area contributed by atoms with Gasteiger partial charge >= 0.3 is 0 Å². The lowest BCUT2D eigenvalue weighted by Crippen LogP contribution is -2.40. The summed E-state index contributed by atoms with van der Waals surface area (Å²) in [5, 5.41) is 3.17. The van der Waals surface area contributed by atoms with Crippen LogP contribution in [0.25, 0.3) is 0 Å². The third-order valence-electron chi connectivity index (χ3n) is 4.02. The number of guanidine groups is 1. The number of nitrogens with zero attached hydrogens (tertiary/aromatic N) is 3. The Kier molecular flexibility index (Phi) is 5.42. The number of aromatic nitrogens is 1. The number of hydrogen-bond acceptors (Lipinski definition) is 3. The van der Waals surface area contributed by atoms with Crippen molar-refractivity contribution in [3.63, 3.8) is 0 Å². The molecule has 1 atom stereocenters. The summed E-state index contributed by atoms with van der Waals surface area (Å²) in [6.07, 6.45) is 2.60. The number of halogens is 2. The number of pyridine rings is 1. The number of aliphatic imine (C=N–C) groups is 1. The highest BCUT2D eigenvalue weighted by atomic mass is 19.2. The standard InChI is InChI=1S/C18H20F2N4O/c1-21-18(23-11-13-5-6-15(19)16(20)10-13)24-9-7-14(12-24)25-17-4-2-3-8-22-17/h2-6,8,10,14H,7,9,11-12H2,1H3,(H,21,23). The maximum atomic E-state index is 13.3. The first-order valence-electron chi connectivity index (χ1n) is 8.13. The molecule has 3 rings (SSSR count). The van der Waals surface area contributed by atoms with Crippen LogP contribution in [0, 0.1) is 11.6 Å². The fourth-order valence-electron chi connectivity index (χ4n) is 2.77. The van der Waals surface area contributed by atoms with Crippen LogP contribution in [0.1, 0.15) is 12.0 Å². The number of likely N-dealkylation sites (tertiary alicyclic amines) is 1. The lowest BCUT2D eigenvalue weighted by molar-refractivity contribution is 0.205. The summed E-state index contributed by atoms with van der Waals surface area (Å²) >= 11 is 0. The topological polar surface area (TPSA) is 49.8 Å². The molecule has 0 bridgehead atoms. The summed E-state index contributed by atoms with van der Waals surface area (Å²) in [5.41, 5.74) is 0.653. The highest BCUT2D eigenvalue weighted by Gasteiger charge is 2.26. The van der Waals surface area contributed by atoms with E-state index in [4.69, 9.17) is 4.74 Å². The van der Waals surface area contributed by atoms with Gasteiger partial charge in [-0.3, -0.25) is 4.99 Å². The monoisotopic (exact) mass is 346 g/mol. The van der Waals surface area contributed by atoms with Gasteiger partial charge in [0.05, 0.1) is 6.54 Å². The van der Waals surface area contributed by atoms with Gasteiger partial charge in [-0.1, -0.05) is 12.1 Å². The summed E-state index contributed by atoms with van der Waals surface area (Å²) in [7, 11) is 1.69. The van der Waals surface area contributed by atoms with Gasteiger partial charge in [0.1, 0.15) is 6.10 Å². The zero-order chi connectivity index (χ0) is 17.6. The molecule has 7 heteroatoms. The molecule has 0 aliphatic carbocycles. The molecule has 1 fully saturated rings. The Morgan fingerprint density at radius 2 is 2.20 bits per heavy atom. The van der Waals surface area contributed by atoms with Gasteiger partial charge in [0.15, 0.2) is 17.6 Å². The average Bonchev–Trinajstić information content (AvgIpc) is 3.08. The van der Waals surface area contributed by atoms with Crippen LogP contribution < -0.4 is 10.1 Å². The molecule has 5 nitrogen and oxygen atoms in total.